The Hall–Kier alpha value is -3.44. The zero-order chi connectivity index (χ0) is 22.2. The zero-order valence-electron chi connectivity index (χ0n) is 16.8. The Morgan fingerprint density at radius 2 is 1.90 bits per heavy atom. The van der Waals surface area contributed by atoms with Crippen molar-refractivity contribution in [2.75, 3.05) is 25.7 Å². The summed E-state index contributed by atoms with van der Waals surface area (Å²) in [5.41, 5.74) is 1.12. The smallest absolute Gasteiger partial charge is 0.238 e. The third kappa shape index (κ3) is 4.09. The second kappa shape index (κ2) is 8.00. The van der Waals surface area contributed by atoms with Gasteiger partial charge in [0.25, 0.3) is 0 Å². The highest BCUT2D eigenvalue weighted by molar-refractivity contribution is 7.89. The average Bonchev–Trinajstić information content (AvgIpc) is 3.39. The van der Waals surface area contributed by atoms with Gasteiger partial charge in [-0.3, -0.25) is 4.79 Å². The summed E-state index contributed by atoms with van der Waals surface area (Å²) in [6, 6.07) is 11.2. The first kappa shape index (κ1) is 20.8. The van der Waals surface area contributed by atoms with Crippen molar-refractivity contribution in [3.05, 3.63) is 48.4 Å². The van der Waals surface area contributed by atoms with E-state index in [-0.39, 0.29) is 29.7 Å². The third-order valence-corrected chi connectivity index (χ3v) is 5.93. The summed E-state index contributed by atoms with van der Waals surface area (Å²) in [6.07, 6.45) is 0.160. The van der Waals surface area contributed by atoms with Crippen LogP contribution in [-0.2, 0) is 14.8 Å². The predicted octanol–water partition coefficient (Wildman–Crippen LogP) is 1.92. The number of anilines is 1. The summed E-state index contributed by atoms with van der Waals surface area (Å²) in [5, 5.41) is 9.22. The van der Waals surface area contributed by atoms with E-state index < -0.39 is 10.0 Å². The Kier molecular flexibility index (Phi) is 5.38. The van der Waals surface area contributed by atoms with Crippen LogP contribution in [0.5, 0.6) is 11.5 Å². The van der Waals surface area contributed by atoms with Gasteiger partial charge in [0, 0.05) is 24.2 Å². The molecular weight excluding hydrogens is 424 g/mol. The van der Waals surface area contributed by atoms with Crippen LogP contribution in [0.15, 0.2) is 51.9 Å². The van der Waals surface area contributed by atoms with Crippen LogP contribution in [0.3, 0.4) is 0 Å². The van der Waals surface area contributed by atoms with E-state index in [1.165, 1.54) is 30.2 Å². The van der Waals surface area contributed by atoms with Crippen molar-refractivity contribution in [3.8, 4) is 22.9 Å². The first-order valence-corrected chi connectivity index (χ1v) is 10.8. The second-order valence-corrected chi connectivity index (χ2v) is 8.54. The Balaban J connectivity index is 1.57. The maximum Gasteiger partial charge on any atom is 0.238 e. The van der Waals surface area contributed by atoms with Crippen molar-refractivity contribution < 1.29 is 27.2 Å². The summed E-state index contributed by atoms with van der Waals surface area (Å²) < 4.78 is 39.2. The number of carbonyl (C=O) groups is 1. The molecule has 3 aromatic rings. The lowest BCUT2D eigenvalue weighted by Gasteiger charge is -2.16. The van der Waals surface area contributed by atoms with E-state index in [1.54, 1.807) is 31.4 Å². The molecule has 0 unspecified atom stereocenters. The van der Waals surface area contributed by atoms with Crippen LogP contribution in [0.1, 0.15) is 18.2 Å². The van der Waals surface area contributed by atoms with E-state index in [0.29, 0.717) is 34.5 Å². The number of nitrogens with zero attached hydrogens (tertiary/aromatic N) is 3. The highest BCUT2D eigenvalue weighted by Gasteiger charge is 2.35. The van der Waals surface area contributed by atoms with Crippen LogP contribution in [-0.4, -0.2) is 45.2 Å². The summed E-state index contributed by atoms with van der Waals surface area (Å²) in [5.74, 6) is 1.29. The minimum atomic E-state index is -3.87. The molecule has 2 N–H and O–H groups in total. The maximum atomic E-state index is 12.6. The van der Waals surface area contributed by atoms with Crippen LogP contribution in [0, 0.1) is 0 Å². The topological polar surface area (TPSA) is 138 Å². The number of amides is 1. The average molecular weight is 444 g/mol. The molecule has 1 atom stereocenters. The van der Waals surface area contributed by atoms with Gasteiger partial charge >= 0.3 is 0 Å². The first-order chi connectivity index (χ1) is 14.8. The molecule has 162 valence electrons. The number of hydrogen-bond donors (Lipinski definition) is 1. The molecule has 1 aromatic heterocycles. The normalized spacial score (nSPS) is 16.5. The van der Waals surface area contributed by atoms with Crippen LogP contribution >= 0.6 is 0 Å². The molecule has 10 nitrogen and oxygen atoms in total. The SMILES string of the molecule is COc1ccc(-c2noc([C@H]3CC(=O)N(c4cccc(S(N)(=O)=O)c4)C3)n2)cc1OC. The lowest BCUT2D eigenvalue weighted by Crippen LogP contribution is -2.24. The molecule has 11 heteroatoms. The van der Waals surface area contributed by atoms with Crippen LogP contribution in [0.25, 0.3) is 11.4 Å². The number of carbonyl (C=O) groups excluding carboxylic acids is 1. The lowest BCUT2D eigenvalue weighted by molar-refractivity contribution is -0.117. The van der Waals surface area contributed by atoms with Gasteiger partial charge in [-0.25, -0.2) is 13.6 Å². The number of rotatable bonds is 6. The van der Waals surface area contributed by atoms with E-state index in [9.17, 15) is 13.2 Å². The molecule has 1 fully saturated rings. The number of ether oxygens (including phenoxy) is 2. The van der Waals surface area contributed by atoms with E-state index in [0.717, 1.165) is 0 Å². The van der Waals surface area contributed by atoms with Crippen molar-refractivity contribution in [1.82, 2.24) is 10.1 Å². The Labute approximate surface area is 178 Å². The van der Waals surface area contributed by atoms with Crippen molar-refractivity contribution in [1.29, 1.82) is 0 Å². The van der Waals surface area contributed by atoms with Gasteiger partial charge in [-0.2, -0.15) is 4.98 Å². The summed E-state index contributed by atoms with van der Waals surface area (Å²) in [7, 11) is -0.792. The minimum absolute atomic E-state index is 0.0604. The highest BCUT2D eigenvalue weighted by atomic mass is 32.2. The molecule has 1 saturated heterocycles. The molecule has 4 rings (SSSR count). The van der Waals surface area contributed by atoms with Gasteiger partial charge in [0.1, 0.15) is 0 Å². The molecule has 0 aliphatic carbocycles. The zero-order valence-corrected chi connectivity index (χ0v) is 17.6. The molecule has 31 heavy (non-hydrogen) atoms. The van der Waals surface area contributed by atoms with E-state index >= 15 is 0 Å². The number of methoxy groups -OCH3 is 2. The van der Waals surface area contributed by atoms with Crippen LogP contribution < -0.4 is 19.5 Å². The minimum Gasteiger partial charge on any atom is -0.493 e. The summed E-state index contributed by atoms with van der Waals surface area (Å²) in [4.78, 5) is 18.4. The van der Waals surface area contributed by atoms with Crippen LogP contribution in [0.2, 0.25) is 0 Å². The van der Waals surface area contributed by atoms with Crippen molar-refractivity contribution in [2.24, 2.45) is 5.14 Å². The van der Waals surface area contributed by atoms with Crippen molar-refractivity contribution in [3.63, 3.8) is 0 Å². The number of aromatic nitrogens is 2. The van der Waals surface area contributed by atoms with E-state index in [4.69, 9.17) is 19.1 Å². The lowest BCUT2D eigenvalue weighted by atomic mass is 10.1. The summed E-state index contributed by atoms with van der Waals surface area (Å²) >= 11 is 0. The second-order valence-electron chi connectivity index (χ2n) is 6.97. The van der Waals surface area contributed by atoms with Gasteiger partial charge in [-0.15, -0.1) is 0 Å². The molecule has 0 saturated carbocycles. The Morgan fingerprint density at radius 3 is 2.61 bits per heavy atom. The summed E-state index contributed by atoms with van der Waals surface area (Å²) in [6.45, 7) is 0.278. The molecule has 2 heterocycles. The standard InChI is InChI=1S/C20H20N4O6S/c1-28-16-7-6-12(8-17(16)29-2)19-22-20(30-23-19)13-9-18(25)24(11-13)14-4-3-5-15(10-14)31(21,26)27/h3-8,10,13H,9,11H2,1-2H3,(H2,21,26,27)/t13-/m0/s1. The fourth-order valence-corrected chi connectivity index (χ4v) is 4.00. The Morgan fingerprint density at radius 1 is 1.13 bits per heavy atom. The van der Waals surface area contributed by atoms with Gasteiger partial charge in [-0.05, 0) is 36.4 Å². The highest BCUT2D eigenvalue weighted by Crippen LogP contribution is 2.34. The molecule has 0 bridgehead atoms. The van der Waals surface area contributed by atoms with Crippen molar-refractivity contribution >= 4 is 21.6 Å². The number of hydrogen-bond acceptors (Lipinski definition) is 8. The molecule has 1 amide bonds. The Bertz CT molecular complexity index is 1240. The van der Waals surface area contributed by atoms with Gasteiger partial charge in [0.15, 0.2) is 11.5 Å². The molecule has 0 spiro atoms. The maximum absolute atomic E-state index is 12.6. The predicted molar refractivity (Wildman–Crippen MR) is 110 cm³/mol. The monoisotopic (exact) mass is 444 g/mol. The molecule has 2 aromatic carbocycles. The number of benzene rings is 2. The number of sulfonamides is 1. The number of nitrogens with two attached hydrogens (primary N) is 1. The number of primary sulfonamides is 1. The molecule has 0 radical (unpaired) electrons. The largest absolute Gasteiger partial charge is 0.493 e. The van der Waals surface area contributed by atoms with Gasteiger partial charge in [0.05, 0.1) is 25.0 Å². The molecular formula is C20H20N4O6S. The van der Waals surface area contributed by atoms with Crippen LogP contribution in [0.4, 0.5) is 5.69 Å². The first-order valence-electron chi connectivity index (χ1n) is 9.29. The van der Waals surface area contributed by atoms with Gasteiger partial charge in [-0.1, -0.05) is 11.2 Å². The van der Waals surface area contributed by atoms with Crippen molar-refractivity contribution in [2.45, 2.75) is 17.2 Å². The fraction of sp³-hybridized carbons (Fsp3) is 0.250. The van der Waals surface area contributed by atoms with E-state index in [2.05, 4.69) is 10.1 Å². The van der Waals surface area contributed by atoms with Gasteiger partial charge < -0.3 is 18.9 Å². The quantitative estimate of drug-likeness (QED) is 0.609. The molecule has 1 aliphatic rings. The van der Waals surface area contributed by atoms with E-state index in [1.807, 2.05) is 0 Å². The molecule has 1 aliphatic heterocycles. The fourth-order valence-electron chi connectivity index (χ4n) is 3.44. The van der Waals surface area contributed by atoms with Gasteiger partial charge in [0.2, 0.25) is 27.6 Å². The third-order valence-electron chi connectivity index (χ3n) is 5.02.